The third-order valence-electron chi connectivity index (χ3n) is 1.87. The molecule has 0 spiro atoms. The van der Waals surface area contributed by atoms with Gasteiger partial charge in [-0.25, -0.2) is 0 Å². The van der Waals surface area contributed by atoms with Gasteiger partial charge in [0, 0.05) is 6.04 Å². The molecule has 0 aliphatic carbocycles. The normalized spacial score (nSPS) is 23.2. The fraction of sp³-hybridized carbons (Fsp3) is 0.778. The van der Waals surface area contributed by atoms with Crippen LogP contribution in [-0.4, -0.2) is 19.1 Å². The van der Waals surface area contributed by atoms with E-state index in [4.69, 9.17) is 5.73 Å². The van der Waals surface area contributed by atoms with Gasteiger partial charge in [0.1, 0.15) is 0 Å². The highest BCUT2D eigenvalue weighted by molar-refractivity contribution is 5.85. The van der Waals surface area contributed by atoms with E-state index in [1.54, 1.807) is 0 Å². The summed E-state index contributed by atoms with van der Waals surface area (Å²) >= 11 is 0. The first-order valence-electron chi connectivity index (χ1n) is 3.86. The highest BCUT2D eigenvalue weighted by Gasteiger charge is 2.03. The Morgan fingerprint density at radius 3 is 2.33 bits per heavy atom. The Kier molecular flexibility index (Phi) is 16.9. The van der Waals surface area contributed by atoms with Crippen molar-refractivity contribution in [1.29, 1.82) is 0 Å². The zero-order valence-electron chi connectivity index (χ0n) is 7.72. The highest BCUT2D eigenvalue weighted by Crippen LogP contribution is 2.03. The standard InChI is InChI=1S/C7H16N2.2CH2.ClH/c8-7-3-1-2-5-9-6-4-7;;;/h7,9H,1-6,8H2;2*1H2;1H. The van der Waals surface area contributed by atoms with Crippen molar-refractivity contribution in [2.45, 2.75) is 31.7 Å². The van der Waals surface area contributed by atoms with Crippen LogP contribution in [0.2, 0.25) is 0 Å². The van der Waals surface area contributed by atoms with E-state index in [2.05, 4.69) is 5.32 Å². The molecule has 1 aliphatic heterocycles. The average Bonchev–Trinajstić information content (AvgIpc) is 1.79. The van der Waals surface area contributed by atoms with Crippen LogP contribution in [0.3, 0.4) is 0 Å². The fourth-order valence-electron chi connectivity index (χ4n) is 1.21. The minimum atomic E-state index is 0. The molecule has 3 N–H and O–H groups in total. The molecule has 0 bridgehead atoms. The minimum Gasteiger partial charge on any atom is -0.328 e. The lowest BCUT2D eigenvalue weighted by Gasteiger charge is -2.15. The second-order valence-electron chi connectivity index (χ2n) is 2.79. The van der Waals surface area contributed by atoms with E-state index in [0.29, 0.717) is 6.04 Å². The monoisotopic (exact) mass is 192 g/mol. The van der Waals surface area contributed by atoms with Gasteiger partial charge in [-0.2, -0.15) is 0 Å². The average molecular weight is 193 g/mol. The van der Waals surface area contributed by atoms with Crippen molar-refractivity contribution in [1.82, 2.24) is 5.32 Å². The molecule has 1 fully saturated rings. The quantitative estimate of drug-likeness (QED) is 0.612. The van der Waals surface area contributed by atoms with E-state index in [0.717, 1.165) is 13.0 Å². The van der Waals surface area contributed by atoms with Gasteiger partial charge in [-0.3, -0.25) is 0 Å². The molecule has 1 rings (SSSR count). The first kappa shape index (κ1) is 18.1. The summed E-state index contributed by atoms with van der Waals surface area (Å²) in [6, 6.07) is 0.456. The van der Waals surface area contributed by atoms with Gasteiger partial charge in [0.2, 0.25) is 0 Å². The summed E-state index contributed by atoms with van der Waals surface area (Å²) in [5.41, 5.74) is 5.76. The van der Waals surface area contributed by atoms with Crippen LogP contribution in [0, 0.1) is 14.9 Å². The summed E-state index contributed by atoms with van der Waals surface area (Å²) in [5, 5.41) is 3.34. The van der Waals surface area contributed by atoms with Crippen LogP contribution >= 0.6 is 12.4 Å². The Hall–Kier alpha value is 0.210. The SMILES string of the molecule is Cl.NC1CCCCNCC1.[CH2].[CH2]. The van der Waals surface area contributed by atoms with Crippen molar-refractivity contribution in [2.75, 3.05) is 13.1 Å². The molecule has 0 aromatic rings. The van der Waals surface area contributed by atoms with Crippen LogP contribution in [0.4, 0.5) is 0 Å². The highest BCUT2D eigenvalue weighted by atomic mass is 35.5. The van der Waals surface area contributed by atoms with Gasteiger partial charge in [-0.1, -0.05) is 21.3 Å². The number of nitrogens with one attached hydrogen (secondary N) is 1. The molecule has 1 aliphatic rings. The van der Waals surface area contributed by atoms with Gasteiger partial charge in [-0.15, -0.1) is 12.4 Å². The van der Waals surface area contributed by atoms with Gasteiger partial charge in [0.25, 0.3) is 0 Å². The molecular formula is C9H21ClN2. The summed E-state index contributed by atoms with van der Waals surface area (Å²) < 4.78 is 0. The van der Waals surface area contributed by atoms with E-state index >= 15 is 0 Å². The number of hydrogen-bond donors (Lipinski definition) is 2. The van der Waals surface area contributed by atoms with E-state index in [1.807, 2.05) is 0 Å². The second-order valence-corrected chi connectivity index (χ2v) is 2.79. The molecule has 1 unspecified atom stereocenters. The second kappa shape index (κ2) is 11.2. The zero-order chi connectivity index (χ0) is 6.53. The van der Waals surface area contributed by atoms with E-state index < -0.39 is 0 Å². The molecule has 1 heterocycles. The van der Waals surface area contributed by atoms with Crippen LogP contribution in [0.5, 0.6) is 0 Å². The van der Waals surface area contributed by atoms with Crippen molar-refractivity contribution in [2.24, 2.45) is 5.73 Å². The third kappa shape index (κ3) is 8.31. The lowest BCUT2D eigenvalue weighted by molar-refractivity contribution is 0.465. The number of nitrogens with two attached hydrogens (primary N) is 1. The Morgan fingerprint density at radius 2 is 1.67 bits per heavy atom. The summed E-state index contributed by atoms with van der Waals surface area (Å²) in [5.74, 6) is 0. The Labute approximate surface area is 83.7 Å². The van der Waals surface area contributed by atoms with Crippen molar-refractivity contribution in [3.05, 3.63) is 14.9 Å². The maximum Gasteiger partial charge on any atom is 0.00509 e. The molecule has 1 saturated heterocycles. The maximum absolute atomic E-state index is 5.76. The maximum atomic E-state index is 5.76. The smallest absolute Gasteiger partial charge is 0.00509 e. The molecule has 12 heavy (non-hydrogen) atoms. The van der Waals surface area contributed by atoms with Crippen molar-refractivity contribution < 1.29 is 0 Å². The van der Waals surface area contributed by atoms with Crippen LogP contribution in [-0.2, 0) is 0 Å². The number of rotatable bonds is 0. The topological polar surface area (TPSA) is 38.0 Å². The molecule has 4 radical (unpaired) electrons. The molecule has 0 aromatic heterocycles. The molecule has 2 nitrogen and oxygen atoms in total. The molecule has 3 heteroatoms. The predicted molar refractivity (Wildman–Crippen MR) is 57.3 cm³/mol. The molecular weight excluding hydrogens is 172 g/mol. The molecule has 74 valence electrons. The van der Waals surface area contributed by atoms with Gasteiger partial charge in [-0.05, 0) is 32.4 Å². The Balaban J connectivity index is -0.000000270. The first-order chi connectivity index (χ1) is 4.39. The lowest BCUT2D eigenvalue weighted by Crippen LogP contribution is -2.29. The zero-order valence-corrected chi connectivity index (χ0v) is 8.54. The lowest BCUT2D eigenvalue weighted by atomic mass is 10.1. The summed E-state index contributed by atoms with van der Waals surface area (Å²) in [4.78, 5) is 0. The van der Waals surface area contributed by atoms with Crippen molar-refractivity contribution in [3.63, 3.8) is 0 Å². The first-order valence-corrected chi connectivity index (χ1v) is 3.86. The van der Waals surface area contributed by atoms with E-state index in [1.165, 1.54) is 25.8 Å². The molecule has 1 atom stereocenters. The van der Waals surface area contributed by atoms with Gasteiger partial charge >= 0.3 is 0 Å². The predicted octanol–water partition coefficient (Wildman–Crippen LogP) is 1.55. The van der Waals surface area contributed by atoms with Gasteiger partial charge in [0.15, 0.2) is 0 Å². The van der Waals surface area contributed by atoms with Gasteiger partial charge in [0.05, 0.1) is 0 Å². The van der Waals surface area contributed by atoms with Crippen LogP contribution in [0.1, 0.15) is 25.7 Å². The fourth-order valence-corrected chi connectivity index (χ4v) is 1.21. The number of hydrogen-bond acceptors (Lipinski definition) is 2. The molecule has 0 amide bonds. The summed E-state index contributed by atoms with van der Waals surface area (Å²) in [6.45, 7) is 2.30. The summed E-state index contributed by atoms with van der Waals surface area (Å²) in [7, 11) is 0. The molecule has 0 saturated carbocycles. The van der Waals surface area contributed by atoms with Crippen LogP contribution < -0.4 is 11.1 Å². The van der Waals surface area contributed by atoms with Crippen molar-refractivity contribution in [3.8, 4) is 0 Å². The van der Waals surface area contributed by atoms with Crippen molar-refractivity contribution >= 4 is 12.4 Å². The summed E-state index contributed by atoms with van der Waals surface area (Å²) in [6.07, 6.45) is 4.98. The molecule has 0 aromatic carbocycles. The van der Waals surface area contributed by atoms with E-state index in [-0.39, 0.29) is 27.3 Å². The van der Waals surface area contributed by atoms with Crippen LogP contribution in [0.15, 0.2) is 0 Å². The van der Waals surface area contributed by atoms with E-state index in [9.17, 15) is 0 Å². The van der Waals surface area contributed by atoms with Crippen LogP contribution in [0.25, 0.3) is 0 Å². The number of halogens is 1. The van der Waals surface area contributed by atoms with Gasteiger partial charge < -0.3 is 11.1 Å². The Morgan fingerprint density at radius 1 is 1.00 bits per heavy atom. The Bertz CT molecular complexity index is 70.9. The largest absolute Gasteiger partial charge is 0.328 e. The minimum absolute atomic E-state index is 0. The third-order valence-corrected chi connectivity index (χ3v) is 1.87.